The van der Waals surface area contributed by atoms with E-state index in [9.17, 15) is 9.59 Å². The van der Waals surface area contributed by atoms with Crippen LogP contribution in [0.25, 0.3) is 6.08 Å². The second-order valence-corrected chi connectivity index (χ2v) is 10.7. The van der Waals surface area contributed by atoms with E-state index in [1.54, 1.807) is 13.2 Å². The van der Waals surface area contributed by atoms with Gasteiger partial charge in [0.15, 0.2) is 11.5 Å². The lowest BCUT2D eigenvalue weighted by Gasteiger charge is -2.33. The van der Waals surface area contributed by atoms with Gasteiger partial charge in [0.25, 0.3) is 0 Å². The van der Waals surface area contributed by atoms with E-state index in [2.05, 4.69) is 26.1 Å². The molecule has 1 aliphatic rings. The third kappa shape index (κ3) is 6.00. The first-order chi connectivity index (χ1) is 16.2. The third-order valence-corrected chi connectivity index (χ3v) is 7.36. The molecule has 0 radical (unpaired) electrons. The van der Waals surface area contributed by atoms with Crippen LogP contribution < -0.4 is 14.8 Å². The molecule has 0 bridgehead atoms. The van der Waals surface area contributed by atoms with E-state index in [-0.39, 0.29) is 11.3 Å². The predicted molar refractivity (Wildman–Crippen MR) is 137 cm³/mol. The van der Waals surface area contributed by atoms with E-state index >= 15 is 0 Å². The molecule has 0 spiro atoms. The number of rotatable bonds is 8. The minimum absolute atomic E-state index is 0.192. The number of esters is 1. The molecular formula is C27H35NO5S. The van der Waals surface area contributed by atoms with Crippen LogP contribution in [-0.2, 0) is 22.4 Å². The van der Waals surface area contributed by atoms with Crippen LogP contribution >= 0.6 is 11.3 Å². The molecule has 1 N–H and O–H groups in total. The number of carbonyl (C=O) groups excluding carboxylic acids is 2. The number of hydrogen-bond acceptors (Lipinski definition) is 6. The maximum Gasteiger partial charge on any atom is 0.341 e. The first-order valence-electron chi connectivity index (χ1n) is 11.7. The highest BCUT2D eigenvalue weighted by molar-refractivity contribution is 7.17. The van der Waals surface area contributed by atoms with Gasteiger partial charge in [-0.15, -0.1) is 11.3 Å². The zero-order chi connectivity index (χ0) is 24.9. The van der Waals surface area contributed by atoms with Crippen molar-refractivity contribution in [1.82, 2.24) is 0 Å². The van der Waals surface area contributed by atoms with Crippen molar-refractivity contribution in [2.24, 2.45) is 11.3 Å². The molecule has 184 valence electrons. The molecule has 0 saturated carbocycles. The van der Waals surface area contributed by atoms with Crippen molar-refractivity contribution in [1.29, 1.82) is 0 Å². The van der Waals surface area contributed by atoms with Gasteiger partial charge in [0.1, 0.15) is 5.00 Å². The van der Waals surface area contributed by atoms with Gasteiger partial charge in [-0.05, 0) is 66.4 Å². The molecule has 1 aromatic carbocycles. The number of benzene rings is 1. The summed E-state index contributed by atoms with van der Waals surface area (Å²) in [6, 6.07) is 5.53. The van der Waals surface area contributed by atoms with Crippen LogP contribution in [0, 0.1) is 11.3 Å². The monoisotopic (exact) mass is 485 g/mol. The van der Waals surface area contributed by atoms with Gasteiger partial charge in [-0.25, -0.2) is 4.79 Å². The Morgan fingerprint density at radius 2 is 1.97 bits per heavy atom. The molecule has 7 heteroatoms. The normalized spacial score (nSPS) is 15.6. The van der Waals surface area contributed by atoms with Gasteiger partial charge in [0.2, 0.25) is 5.91 Å². The molecule has 1 aromatic heterocycles. The number of amides is 1. The highest BCUT2D eigenvalue weighted by Crippen LogP contribution is 2.44. The van der Waals surface area contributed by atoms with Crippen molar-refractivity contribution in [2.75, 3.05) is 26.1 Å². The standard InChI is InChI=1S/C27H35NO5S/c1-7-14-33-20-12-8-17(15-21(20)31-5)9-13-23(29)28-25-24(26(30)32-6)19-11-10-18(27(2,3)4)16-22(19)34-25/h8-9,12-13,15,18H,7,10-11,14,16H2,1-6H3,(H,28,29)/b13-9+. The molecule has 1 unspecified atom stereocenters. The quantitative estimate of drug-likeness (QED) is 0.359. The van der Waals surface area contributed by atoms with Crippen LogP contribution in [0.15, 0.2) is 24.3 Å². The van der Waals surface area contributed by atoms with Crippen LogP contribution in [0.5, 0.6) is 11.5 Å². The number of methoxy groups -OCH3 is 2. The SMILES string of the molecule is CCCOc1ccc(/C=C/C(=O)Nc2sc3c(c2C(=O)OC)CCC(C(C)(C)C)C3)cc1OC. The van der Waals surface area contributed by atoms with E-state index in [1.165, 1.54) is 29.4 Å². The lowest BCUT2D eigenvalue weighted by molar-refractivity contribution is -0.111. The average Bonchev–Trinajstić information content (AvgIpc) is 3.17. The fraction of sp³-hybridized carbons (Fsp3) is 0.481. The number of nitrogens with one attached hydrogen (secondary N) is 1. The van der Waals surface area contributed by atoms with Gasteiger partial charge >= 0.3 is 5.97 Å². The molecule has 1 amide bonds. The van der Waals surface area contributed by atoms with E-state index < -0.39 is 5.97 Å². The fourth-order valence-corrected chi connectivity index (χ4v) is 5.49. The molecule has 2 aromatic rings. The molecule has 0 aliphatic heterocycles. The number of thiophene rings is 1. The zero-order valence-corrected chi connectivity index (χ0v) is 21.8. The second-order valence-electron chi connectivity index (χ2n) is 9.59. The van der Waals surface area contributed by atoms with Crippen molar-refractivity contribution < 1.29 is 23.8 Å². The van der Waals surface area contributed by atoms with E-state index in [4.69, 9.17) is 14.2 Å². The highest BCUT2D eigenvalue weighted by Gasteiger charge is 2.34. The highest BCUT2D eigenvalue weighted by atomic mass is 32.1. The summed E-state index contributed by atoms with van der Waals surface area (Å²) < 4.78 is 16.1. The topological polar surface area (TPSA) is 73.9 Å². The number of fused-ring (bicyclic) bond motifs is 1. The number of anilines is 1. The van der Waals surface area contributed by atoms with Gasteiger partial charge in [-0.2, -0.15) is 0 Å². The Morgan fingerprint density at radius 1 is 1.21 bits per heavy atom. The minimum atomic E-state index is -0.404. The Balaban J connectivity index is 1.79. The summed E-state index contributed by atoms with van der Waals surface area (Å²) in [6.07, 6.45) is 6.81. The number of ether oxygens (including phenoxy) is 3. The smallest absolute Gasteiger partial charge is 0.341 e. The second kappa shape index (κ2) is 11.1. The lowest BCUT2D eigenvalue weighted by atomic mass is 9.72. The van der Waals surface area contributed by atoms with Crippen LogP contribution in [0.1, 0.15) is 66.9 Å². The Labute approximate surface area is 206 Å². The molecule has 1 atom stereocenters. The number of carbonyl (C=O) groups is 2. The molecule has 34 heavy (non-hydrogen) atoms. The maximum absolute atomic E-state index is 12.7. The Hall–Kier alpha value is -2.80. The molecule has 1 heterocycles. The van der Waals surface area contributed by atoms with Crippen molar-refractivity contribution in [3.8, 4) is 11.5 Å². The summed E-state index contributed by atoms with van der Waals surface area (Å²) in [5.74, 6) is 1.11. The van der Waals surface area contributed by atoms with Crippen molar-refractivity contribution in [3.05, 3.63) is 45.8 Å². The zero-order valence-electron chi connectivity index (χ0n) is 20.9. The van der Waals surface area contributed by atoms with E-state index in [1.807, 2.05) is 25.1 Å². The predicted octanol–water partition coefficient (Wildman–Crippen LogP) is 6.14. The Morgan fingerprint density at radius 3 is 2.62 bits per heavy atom. The van der Waals surface area contributed by atoms with Crippen LogP contribution in [0.2, 0.25) is 0 Å². The van der Waals surface area contributed by atoms with Gasteiger partial charge in [0.05, 0.1) is 26.4 Å². The summed E-state index contributed by atoms with van der Waals surface area (Å²) in [5, 5.41) is 3.47. The Kier molecular flexibility index (Phi) is 8.42. The average molecular weight is 486 g/mol. The number of hydrogen-bond donors (Lipinski definition) is 1. The fourth-order valence-electron chi connectivity index (χ4n) is 4.18. The lowest BCUT2D eigenvalue weighted by Crippen LogP contribution is -2.26. The summed E-state index contributed by atoms with van der Waals surface area (Å²) in [7, 11) is 2.96. The van der Waals surface area contributed by atoms with E-state index in [0.29, 0.717) is 34.6 Å². The summed E-state index contributed by atoms with van der Waals surface area (Å²) >= 11 is 1.49. The molecule has 3 rings (SSSR count). The van der Waals surface area contributed by atoms with Crippen LogP contribution in [0.3, 0.4) is 0 Å². The summed E-state index contributed by atoms with van der Waals surface area (Å²) in [5.41, 5.74) is 2.51. The molecule has 0 fully saturated rings. The van der Waals surface area contributed by atoms with Crippen molar-refractivity contribution in [2.45, 2.75) is 53.4 Å². The Bertz CT molecular complexity index is 1060. The van der Waals surface area contributed by atoms with Crippen LogP contribution in [-0.4, -0.2) is 32.7 Å². The minimum Gasteiger partial charge on any atom is -0.493 e. The van der Waals surface area contributed by atoms with Crippen molar-refractivity contribution >= 4 is 34.3 Å². The van der Waals surface area contributed by atoms with Gasteiger partial charge in [-0.3, -0.25) is 4.79 Å². The molecule has 0 saturated heterocycles. The van der Waals surface area contributed by atoms with Gasteiger partial charge in [0, 0.05) is 11.0 Å². The first-order valence-corrected chi connectivity index (χ1v) is 12.5. The van der Waals surface area contributed by atoms with Gasteiger partial charge in [-0.1, -0.05) is 33.8 Å². The summed E-state index contributed by atoms with van der Waals surface area (Å²) in [4.78, 5) is 26.5. The van der Waals surface area contributed by atoms with Crippen LogP contribution in [0.4, 0.5) is 5.00 Å². The third-order valence-electron chi connectivity index (χ3n) is 6.19. The molecule has 1 aliphatic carbocycles. The summed E-state index contributed by atoms with van der Waals surface area (Å²) in [6.45, 7) is 9.41. The van der Waals surface area contributed by atoms with Gasteiger partial charge < -0.3 is 19.5 Å². The first kappa shape index (κ1) is 25.8. The van der Waals surface area contributed by atoms with E-state index in [0.717, 1.165) is 36.8 Å². The maximum atomic E-state index is 12.7. The van der Waals surface area contributed by atoms with Crippen molar-refractivity contribution in [3.63, 3.8) is 0 Å². The molecular weight excluding hydrogens is 450 g/mol. The largest absolute Gasteiger partial charge is 0.493 e. The molecule has 6 nitrogen and oxygen atoms in total.